The van der Waals surface area contributed by atoms with E-state index < -0.39 is 11.9 Å². The Kier molecular flexibility index (Phi) is 5.96. The molecule has 2 aromatic carbocycles. The lowest BCUT2D eigenvalue weighted by molar-refractivity contribution is -0.138. The molecule has 28 heavy (non-hydrogen) atoms. The molecule has 1 atom stereocenters. The van der Waals surface area contributed by atoms with E-state index in [2.05, 4.69) is 47.4 Å². The van der Waals surface area contributed by atoms with Gasteiger partial charge in [0.1, 0.15) is 0 Å². The van der Waals surface area contributed by atoms with Crippen LogP contribution in [-0.4, -0.2) is 20.6 Å². The zero-order valence-electron chi connectivity index (χ0n) is 16.4. The molecule has 0 saturated heterocycles. The Morgan fingerprint density at radius 1 is 1.07 bits per heavy atom. The largest absolute Gasteiger partial charge is 0.481 e. The molecule has 4 nitrogen and oxygen atoms in total. The maximum atomic E-state index is 11.1. The summed E-state index contributed by atoms with van der Waals surface area (Å²) in [6.45, 7) is 6.85. The number of carboxylic acids is 1. The number of carboxylic acid groups (broad SMARTS) is 1. The van der Waals surface area contributed by atoms with Crippen LogP contribution >= 0.6 is 0 Å². The first kappa shape index (κ1) is 19.4. The van der Waals surface area contributed by atoms with Gasteiger partial charge in [0.05, 0.1) is 12.2 Å². The molecule has 0 spiro atoms. The van der Waals surface area contributed by atoms with Crippen molar-refractivity contribution in [1.29, 1.82) is 0 Å². The van der Waals surface area contributed by atoms with E-state index in [4.69, 9.17) is 5.11 Å². The van der Waals surface area contributed by atoms with Gasteiger partial charge in [-0.2, -0.15) is 0 Å². The highest BCUT2D eigenvalue weighted by Gasteiger charge is 2.12. The van der Waals surface area contributed by atoms with Crippen LogP contribution in [0.2, 0.25) is 0 Å². The summed E-state index contributed by atoms with van der Waals surface area (Å²) in [4.78, 5) is 15.2. The van der Waals surface area contributed by atoms with E-state index in [1.807, 2.05) is 42.9 Å². The van der Waals surface area contributed by atoms with Gasteiger partial charge in [-0.25, -0.2) is 4.98 Å². The molecule has 1 N–H and O–H groups in total. The maximum Gasteiger partial charge on any atom is 0.310 e. The van der Waals surface area contributed by atoms with E-state index in [1.165, 1.54) is 11.1 Å². The first-order valence-electron chi connectivity index (χ1n) is 9.37. The smallest absolute Gasteiger partial charge is 0.310 e. The zero-order chi connectivity index (χ0) is 20.1. The normalized spacial score (nSPS) is 11.7. The SMILES string of the molecule is CC(C)c1cc(C#Cc2ccc(C(C)C(=O)O)cc2)ccc1Cn1ccnc1. The second kappa shape index (κ2) is 8.58. The van der Waals surface area contributed by atoms with E-state index >= 15 is 0 Å². The van der Waals surface area contributed by atoms with Crippen LogP contribution in [0.4, 0.5) is 0 Å². The molecule has 142 valence electrons. The second-order valence-corrected chi connectivity index (χ2v) is 7.24. The van der Waals surface area contributed by atoms with Crippen molar-refractivity contribution in [2.75, 3.05) is 0 Å². The van der Waals surface area contributed by atoms with Crippen molar-refractivity contribution in [3.05, 3.63) is 89.0 Å². The molecule has 0 saturated carbocycles. The molecular formula is C24H24N2O2. The molecule has 0 aliphatic rings. The molecule has 0 bridgehead atoms. The lowest BCUT2D eigenvalue weighted by Crippen LogP contribution is -2.06. The number of hydrogen-bond acceptors (Lipinski definition) is 2. The third-order valence-electron chi connectivity index (χ3n) is 4.81. The molecule has 3 aromatic rings. The number of rotatable bonds is 5. The first-order chi connectivity index (χ1) is 13.4. The molecule has 0 aliphatic heterocycles. The van der Waals surface area contributed by atoms with Crippen LogP contribution in [0, 0.1) is 11.8 Å². The fourth-order valence-electron chi connectivity index (χ4n) is 3.07. The van der Waals surface area contributed by atoms with Crippen LogP contribution in [0.1, 0.15) is 60.4 Å². The average molecular weight is 372 g/mol. The number of aromatic nitrogens is 2. The van der Waals surface area contributed by atoms with Crippen LogP contribution in [0.5, 0.6) is 0 Å². The Hall–Kier alpha value is -3.32. The van der Waals surface area contributed by atoms with Crippen LogP contribution in [0.15, 0.2) is 61.2 Å². The highest BCUT2D eigenvalue weighted by Crippen LogP contribution is 2.22. The molecule has 0 aliphatic carbocycles. The van der Waals surface area contributed by atoms with Crippen molar-refractivity contribution in [3.63, 3.8) is 0 Å². The molecule has 0 fully saturated rings. The highest BCUT2D eigenvalue weighted by molar-refractivity contribution is 5.75. The average Bonchev–Trinajstić information content (AvgIpc) is 3.20. The fourth-order valence-corrected chi connectivity index (χ4v) is 3.07. The Morgan fingerprint density at radius 2 is 1.75 bits per heavy atom. The summed E-state index contributed by atoms with van der Waals surface area (Å²) in [5, 5.41) is 9.10. The van der Waals surface area contributed by atoms with Crippen LogP contribution in [0.25, 0.3) is 0 Å². The van der Waals surface area contributed by atoms with Crippen LogP contribution < -0.4 is 0 Å². The number of benzene rings is 2. The van der Waals surface area contributed by atoms with Crippen molar-refractivity contribution >= 4 is 5.97 Å². The minimum Gasteiger partial charge on any atom is -0.481 e. The second-order valence-electron chi connectivity index (χ2n) is 7.24. The molecule has 1 heterocycles. The topological polar surface area (TPSA) is 55.1 Å². The van der Waals surface area contributed by atoms with Gasteiger partial charge in [0.2, 0.25) is 0 Å². The quantitative estimate of drug-likeness (QED) is 0.664. The lowest BCUT2D eigenvalue weighted by Gasteiger charge is -2.14. The summed E-state index contributed by atoms with van der Waals surface area (Å²) < 4.78 is 2.06. The first-order valence-corrected chi connectivity index (χ1v) is 9.37. The zero-order valence-corrected chi connectivity index (χ0v) is 16.4. The van der Waals surface area contributed by atoms with Crippen molar-refractivity contribution < 1.29 is 9.90 Å². The Bertz CT molecular complexity index is 1010. The van der Waals surface area contributed by atoms with Gasteiger partial charge in [-0.15, -0.1) is 0 Å². The molecule has 0 amide bonds. The van der Waals surface area contributed by atoms with Crippen LogP contribution in [-0.2, 0) is 11.3 Å². The highest BCUT2D eigenvalue weighted by atomic mass is 16.4. The number of imidazole rings is 1. The van der Waals surface area contributed by atoms with Gasteiger partial charge in [0.25, 0.3) is 0 Å². The standard InChI is InChI=1S/C24H24N2O2/c1-17(2)23-14-20(8-11-22(23)15-26-13-12-25-16-26)5-4-19-6-9-21(10-7-19)18(3)24(27)28/h6-14,16-18H,15H2,1-3H3,(H,27,28). The van der Waals surface area contributed by atoms with Crippen LogP contribution in [0.3, 0.4) is 0 Å². The number of carbonyl (C=O) groups is 1. The Morgan fingerprint density at radius 3 is 2.36 bits per heavy atom. The summed E-state index contributed by atoms with van der Waals surface area (Å²) in [6, 6.07) is 13.7. The minimum absolute atomic E-state index is 0.400. The summed E-state index contributed by atoms with van der Waals surface area (Å²) >= 11 is 0. The van der Waals surface area contributed by atoms with Crippen molar-refractivity contribution in [2.24, 2.45) is 0 Å². The van der Waals surface area contributed by atoms with Gasteiger partial charge >= 0.3 is 5.97 Å². The maximum absolute atomic E-state index is 11.1. The third-order valence-corrected chi connectivity index (χ3v) is 4.81. The monoisotopic (exact) mass is 372 g/mol. The summed E-state index contributed by atoms with van der Waals surface area (Å²) in [5.74, 6) is 5.46. The lowest BCUT2D eigenvalue weighted by atomic mass is 9.94. The predicted octanol–water partition coefficient (Wildman–Crippen LogP) is 4.64. The summed E-state index contributed by atoms with van der Waals surface area (Å²) in [6.07, 6.45) is 5.58. The van der Waals surface area contributed by atoms with Gasteiger partial charge in [-0.3, -0.25) is 4.79 Å². The van der Waals surface area contributed by atoms with Crippen molar-refractivity contribution in [2.45, 2.75) is 39.2 Å². The molecular weight excluding hydrogens is 348 g/mol. The Balaban J connectivity index is 1.81. The van der Waals surface area contributed by atoms with Crippen molar-refractivity contribution in [1.82, 2.24) is 9.55 Å². The number of hydrogen-bond donors (Lipinski definition) is 1. The number of nitrogens with zero attached hydrogens (tertiary/aromatic N) is 2. The summed E-state index contributed by atoms with van der Waals surface area (Å²) in [7, 11) is 0. The van der Waals surface area contributed by atoms with E-state index in [1.54, 1.807) is 13.1 Å². The molecule has 1 aromatic heterocycles. The third kappa shape index (κ3) is 4.69. The van der Waals surface area contributed by atoms with E-state index in [9.17, 15) is 4.79 Å². The molecule has 1 unspecified atom stereocenters. The molecule has 3 rings (SSSR count). The van der Waals surface area contributed by atoms with Gasteiger partial charge in [0, 0.05) is 30.1 Å². The van der Waals surface area contributed by atoms with Gasteiger partial charge in [-0.1, -0.05) is 43.9 Å². The van der Waals surface area contributed by atoms with Gasteiger partial charge in [-0.05, 0) is 53.8 Å². The summed E-state index contributed by atoms with van der Waals surface area (Å²) in [5.41, 5.74) is 5.18. The Labute approximate surface area is 165 Å². The predicted molar refractivity (Wildman–Crippen MR) is 110 cm³/mol. The minimum atomic E-state index is -0.823. The molecule has 0 radical (unpaired) electrons. The fraction of sp³-hybridized carbons (Fsp3) is 0.250. The van der Waals surface area contributed by atoms with Crippen molar-refractivity contribution in [3.8, 4) is 11.8 Å². The van der Waals surface area contributed by atoms with E-state index in [-0.39, 0.29) is 0 Å². The number of aliphatic carboxylic acids is 1. The van der Waals surface area contributed by atoms with E-state index in [0.29, 0.717) is 5.92 Å². The molecule has 4 heteroatoms. The van der Waals surface area contributed by atoms with Gasteiger partial charge < -0.3 is 9.67 Å². The van der Waals surface area contributed by atoms with E-state index in [0.717, 1.165) is 23.2 Å². The van der Waals surface area contributed by atoms with Gasteiger partial charge in [0.15, 0.2) is 0 Å².